The molecule has 0 amide bonds. The van der Waals surface area contributed by atoms with Crippen molar-refractivity contribution in [1.29, 1.82) is 0 Å². The predicted molar refractivity (Wildman–Crippen MR) is 83.1 cm³/mol. The highest BCUT2D eigenvalue weighted by atomic mass is 35.5. The molecule has 0 fully saturated rings. The van der Waals surface area contributed by atoms with Gasteiger partial charge in [0, 0.05) is 11.6 Å². The molecule has 19 heavy (non-hydrogen) atoms. The third kappa shape index (κ3) is 2.72. The third-order valence-electron chi connectivity index (χ3n) is 3.04. The summed E-state index contributed by atoms with van der Waals surface area (Å²) in [7, 11) is 0. The first-order valence-corrected chi connectivity index (χ1v) is 7.26. The van der Waals surface area contributed by atoms with Gasteiger partial charge in [0.25, 0.3) is 0 Å². The fourth-order valence-corrected chi connectivity index (χ4v) is 3.09. The van der Waals surface area contributed by atoms with Gasteiger partial charge in [-0.15, -0.1) is 0 Å². The van der Waals surface area contributed by atoms with Crippen molar-refractivity contribution in [1.82, 2.24) is 4.98 Å². The van der Waals surface area contributed by atoms with E-state index >= 15 is 0 Å². The van der Waals surface area contributed by atoms with E-state index in [4.69, 9.17) is 11.6 Å². The lowest BCUT2D eigenvalue weighted by molar-refractivity contribution is 1.11. The Kier molecular flexibility index (Phi) is 3.40. The molecule has 0 radical (unpaired) electrons. The number of fused-ring (bicyclic) bond motifs is 1. The van der Waals surface area contributed by atoms with Crippen LogP contribution in [-0.2, 0) is 6.54 Å². The van der Waals surface area contributed by atoms with Crippen molar-refractivity contribution in [2.45, 2.75) is 13.5 Å². The summed E-state index contributed by atoms with van der Waals surface area (Å²) in [6, 6.07) is 14.1. The first kappa shape index (κ1) is 12.5. The van der Waals surface area contributed by atoms with Gasteiger partial charge < -0.3 is 5.32 Å². The smallest absolute Gasteiger partial charge is 0.184 e. The summed E-state index contributed by atoms with van der Waals surface area (Å²) in [5.74, 6) is 0. The van der Waals surface area contributed by atoms with Gasteiger partial charge in [-0.2, -0.15) is 0 Å². The van der Waals surface area contributed by atoms with E-state index in [0.717, 1.165) is 26.9 Å². The van der Waals surface area contributed by atoms with E-state index in [0.29, 0.717) is 0 Å². The van der Waals surface area contributed by atoms with Crippen molar-refractivity contribution in [3.8, 4) is 0 Å². The molecule has 0 aliphatic carbocycles. The number of halogens is 1. The second kappa shape index (κ2) is 5.19. The maximum Gasteiger partial charge on any atom is 0.184 e. The first-order valence-electron chi connectivity index (χ1n) is 6.07. The minimum Gasteiger partial charge on any atom is -0.357 e. The van der Waals surface area contributed by atoms with Crippen molar-refractivity contribution in [2.24, 2.45) is 0 Å². The van der Waals surface area contributed by atoms with Gasteiger partial charge in [-0.05, 0) is 36.2 Å². The normalized spacial score (nSPS) is 10.8. The van der Waals surface area contributed by atoms with Gasteiger partial charge >= 0.3 is 0 Å². The van der Waals surface area contributed by atoms with E-state index in [2.05, 4.69) is 41.5 Å². The zero-order valence-corrected chi connectivity index (χ0v) is 12.1. The lowest BCUT2D eigenvalue weighted by Gasteiger charge is -2.05. The molecule has 3 aromatic rings. The van der Waals surface area contributed by atoms with Gasteiger partial charge in [-0.1, -0.05) is 47.2 Å². The Morgan fingerprint density at radius 1 is 1.21 bits per heavy atom. The molecule has 0 spiro atoms. The zero-order chi connectivity index (χ0) is 13.2. The Labute approximate surface area is 121 Å². The van der Waals surface area contributed by atoms with Gasteiger partial charge in [0.1, 0.15) is 0 Å². The van der Waals surface area contributed by atoms with Crippen LogP contribution in [-0.4, -0.2) is 4.98 Å². The largest absolute Gasteiger partial charge is 0.357 e. The molecule has 96 valence electrons. The van der Waals surface area contributed by atoms with E-state index < -0.39 is 0 Å². The molecule has 0 unspecified atom stereocenters. The van der Waals surface area contributed by atoms with E-state index in [-0.39, 0.29) is 0 Å². The average molecular weight is 289 g/mol. The molecule has 0 aliphatic heterocycles. The van der Waals surface area contributed by atoms with Gasteiger partial charge in [0.05, 0.1) is 10.2 Å². The van der Waals surface area contributed by atoms with Crippen LogP contribution in [0.25, 0.3) is 10.2 Å². The van der Waals surface area contributed by atoms with Crippen molar-refractivity contribution in [3.05, 3.63) is 58.6 Å². The van der Waals surface area contributed by atoms with Gasteiger partial charge in [0.15, 0.2) is 5.13 Å². The maximum absolute atomic E-state index is 5.98. The topological polar surface area (TPSA) is 24.9 Å². The zero-order valence-electron chi connectivity index (χ0n) is 10.5. The second-order valence-corrected chi connectivity index (χ2v) is 5.88. The third-order valence-corrected chi connectivity index (χ3v) is 4.25. The minimum atomic E-state index is 0.751. The molecule has 1 N–H and O–H groups in total. The predicted octanol–water partition coefficient (Wildman–Crippen LogP) is 4.87. The van der Waals surface area contributed by atoms with Crippen LogP contribution in [0.5, 0.6) is 0 Å². The summed E-state index contributed by atoms with van der Waals surface area (Å²) in [5.41, 5.74) is 3.57. The Balaban J connectivity index is 1.80. The minimum absolute atomic E-state index is 0.751. The molecular formula is C15H13ClN2S. The van der Waals surface area contributed by atoms with Crippen LogP contribution in [0.2, 0.25) is 5.02 Å². The van der Waals surface area contributed by atoms with Crippen LogP contribution in [0.15, 0.2) is 42.5 Å². The number of nitrogens with zero attached hydrogens (tertiary/aromatic N) is 1. The van der Waals surface area contributed by atoms with Crippen LogP contribution in [0.4, 0.5) is 5.13 Å². The van der Waals surface area contributed by atoms with Crippen molar-refractivity contribution < 1.29 is 0 Å². The summed E-state index contributed by atoms with van der Waals surface area (Å²) in [6.07, 6.45) is 0. The Morgan fingerprint density at radius 2 is 2.05 bits per heavy atom. The van der Waals surface area contributed by atoms with Crippen LogP contribution in [0, 0.1) is 6.92 Å². The highest BCUT2D eigenvalue weighted by molar-refractivity contribution is 7.22. The lowest BCUT2D eigenvalue weighted by Crippen LogP contribution is -2.00. The number of aryl methyl sites for hydroxylation is 1. The molecule has 2 nitrogen and oxygen atoms in total. The molecule has 3 rings (SSSR count). The number of thiazole rings is 1. The van der Waals surface area contributed by atoms with E-state index in [1.54, 1.807) is 11.3 Å². The highest BCUT2D eigenvalue weighted by Gasteiger charge is 2.04. The maximum atomic E-state index is 5.98. The van der Waals surface area contributed by atoms with E-state index in [9.17, 15) is 0 Å². The number of hydrogen-bond donors (Lipinski definition) is 1. The van der Waals surface area contributed by atoms with Crippen molar-refractivity contribution >= 4 is 38.3 Å². The number of anilines is 1. The number of aromatic nitrogens is 1. The fraction of sp³-hybridized carbons (Fsp3) is 0.133. The standard InChI is InChI=1S/C15H13ClN2S/c1-10-4-2-3-5-11(10)9-17-15-18-13-7-6-12(16)8-14(13)19-15/h2-8H,9H2,1H3,(H,17,18). The summed E-state index contributed by atoms with van der Waals surface area (Å²) in [5, 5.41) is 5.06. The fourth-order valence-electron chi connectivity index (χ4n) is 1.95. The Hall–Kier alpha value is -1.58. The molecule has 0 saturated heterocycles. The lowest BCUT2D eigenvalue weighted by atomic mass is 10.1. The van der Waals surface area contributed by atoms with E-state index in [1.165, 1.54) is 11.1 Å². The van der Waals surface area contributed by atoms with Gasteiger partial charge in [-0.3, -0.25) is 0 Å². The molecule has 4 heteroatoms. The summed E-state index contributed by atoms with van der Waals surface area (Å²) >= 11 is 7.61. The van der Waals surface area contributed by atoms with Crippen molar-refractivity contribution in [2.75, 3.05) is 5.32 Å². The molecule has 0 bridgehead atoms. The van der Waals surface area contributed by atoms with Crippen LogP contribution < -0.4 is 5.32 Å². The Bertz CT molecular complexity index is 721. The average Bonchev–Trinajstić information content (AvgIpc) is 2.79. The highest BCUT2D eigenvalue weighted by Crippen LogP contribution is 2.28. The van der Waals surface area contributed by atoms with Crippen molar-refractivity contribution in [3.63, 3.8) is 0 Å². The number of hydrogen-bond acceptors (Lipinski definition) is 3. The molecule has 1 heterocycles. The molecule has 0 aliphatic rings. The molecule has 1 aromatic heterocycles. The Morgan fingerprint density at radius 3 is 2.89 bits per heavy atom. The molecule has 2 aromatic carbocycles. The summed E-state index contributed by atoms with van der Waals surface area (Å²) < 4.78 is 1.11. The molecule has 0 saturated carbocycles. The number of benzene rings is 2. The summed E-state index contributed by atoms with van der Waals surface area (Å²) in [6.45, 7) is 2.91. The van der Waals surface area contributed by atoms with Crippen LogP contribution >= 0.6 is 22.9 Å². The SMILES string of the molecule is Cc1ccccc1CNc1nc2ccc(Cl)cc2s1. The van der Waals surface area contributed by atoms with Gasteiger partial charge in [0.2, 0.25) is 0 Å². The molecule has 0 atom stereocenters. The van der Waals surface area contributed by atoms with Crippen LogP contribution in [0.3, 0.4) is 0 Å². The summed E-state index contributed by atoms with van der Waals surface area (Å²) in [4.78, 5) is 4.55. The monoisotopic (exact) mass is 288 g/mol. The number of nitrogens with one attached hydrogen (secondary N) is 1. The van der Waals surface area contributed by atoms with E-state index in [1.807, 2.05) is 18.2 Å². The quantitative estimate of drug-likeness (QED) is 0.744. The second-order valence-electron chi connectivity index (χ2n) is 4.41. The van der Waals surface area contributed by atoms with Gasteiger partial charge in [-0.25, -0.2) is 4.98 Å². The molecular weight excluding hydrogens is 276 g/mol. The number of rotatable bonds is 3. The first-order chi connectivity index (χ1) is 9.22. The van der Waals surface area contributed by atoms with Crippen LogP contribution in [0.1, 0.15) is 11.1 Å².